The molecular weight excluding hydrogens is 280 g/mol. The van der Waals surface area contributed by atoms with Crippen molar-refractivity contribution in [1.82, 2.24) is 0 Å². The minimum atomic E-state index is -0.561. The number of allylic oxidation sites excluding steroid dienone is 3. The molecule has 118 valence electrons. The summed E-state index contributed by atoms with van der Waals surface area (Å²) in [5.74, 6) is -0.688. The van der Waals surface area contributed by atoms with E-state index in [1.807, 2.05) is 26.8 Å². The van der Waals surface area contributed by atoms with Gasteiger partial charge in [-0.3, -0.25) is 9.59 Å². The lowest BCUT2D eigenvalue weighted by molar-refractivity contribution is -0.133. The van der Waals surface area contributed by atoms with Crippen LogP contribution in [0.3, 0.4) is 0 Å². The second kappa shape index (κ2) is 7.59. The summed E-state index contributed by atoms with van der Waals surface area (Å²) in [4.78, 5) is 23.4. The van der Waals surface area contributed by atoms with Gasteiger partial charge in [0.2, 0.25) is 11.6 Å². The Balaban J connectivity index is 2.66. The van der Waals surface area contributed by atoms with Gasteiger partial charge in [0.05, 0.1) is 7.11 Å². The van der Waals surface area contributed by atoms with Crippen molar-refractivity contribution in [1.29, 1.82) is 0 Å². The normalized spacial score (nSPS) is 12.0. The highest BCUT2D eigenvalue weighted by atomic mass is 16.5. The number of phenolic OH excluding ortho intramolecular Hbond substituents is 1. The third kappa shape index (κ3) is 5.95. The highest BCUT2D eigenvalue weighted by Gasteiger charge is 2.10. The maximum Gasteiger partial charge on any atom is 0.221 e. The quantitative estimate of drug-likeness (QED) is 0.496. The Bertz CT molecular complexity index is 604. The second-order valence-electron chi connectivity index (χ2n) is 6.02. The third-order valence-electron chi connectivity index (χ3n) is 2.83. The van der Waals surface area contributed by atoms with E-state index in [1.165, 1.54) is 25.3 Å². The van der Waals surface area contributed by atoms with Crippen LogP contribution in [0, 0.1) is 5.41 Å². The first kappa shape index (κ1) is 17.7. The molecule has 0 amide bonds. The van der Waals surface area contributed by atoms with Crippen LogP contribution in [0.4, 0.5) is 0 Å². The van der Waals surface area contributed by atoms with Crippen molar-refractivity contribution in [3.63, 3.8) is 0 Å². The Morgan fingerprint density at radius 1 is 1.27 bits per heavy atom. The van der Waals surface area contributed by atoms with Gasteiger partial charge in [-0.25, -0.2) is 0 Å². The zero-order chi connectivity index (χ0) is 16.8. The molecule has 1 rings (SSSR count). The predicted octanol–water partition coefficient (Wildman–Crippen LogP) is 3.54. The Morgan fingerprint density at radius 2 is 1.95 bits per heavy atom. The van der Waals surface area contributed by atoms with Gasteiger partial charge in [0, 0.05) is 6.42 Å². The lowest BCUT2D eigenvalue weighted by atomic mass is 9.95. The maximum absolute atomic E-state index is 11.7. The zero-order valence-corrected chi connectivity index (χ0v) is 13.4. The molecule has 0 radical (unpaired) electrons. The summed E-state index contributed by atoms with van der Waals surface area (Å²) in [6.07, 6.45) is 6.42. The molecule has 4 nitrogen and oxygen atoms in total. The fourth-order valence-electron chi connectivity index (χ4n) is 1.70. The van der Waals surface area contributed by atoms with Crippen LogP contribution in [-0.4, -0.2) is 23.8 Å². The van der Waals surface area contributed by atoms with E-state index in [0.29, 0.717) is 11.3 Å². The number of aromatic hydroxyl groups is 1. The van der Waals surface area contributed by atoms with Crippen molar-refractivity contribution >= 4 is 17.6 Å². The molecule has 0 bridgehead atoms. The van der Waals surface area contributed by atoms with E-state index < -0.39 is 11.6 Å². The van der Waals surface area contributed by atoms with Gasteiger partial charge in [-0.15, -0.1) is 0 Å². The van der Waals surface area contributed by atoms with Crippen LogP contribution in [0.2, 0.25) is 0 Å². The van der Waals surface area contributed by atoms with Gasteiger partial charge in [0.1, 0.15) is 0 Å². The Morgan fingerprint density at radius 3 is 2.50 bits per heavy atom. The molecule has 22 heavy (non-hydrogen) atoms. The molecule has 0 fully saturated rings. The first-order valence-corrected chi connectivity index (χ1v) is 7.03. The maximum atomic E-state index is 11.7. The number of Topliss-reactive ketones (excluding diaryl/α,β-unsaturated/α-hetero) is 1. The molecule has 4 heteroatoms. The molecule has 0 aliphatic carbocycles. The molecule has 0 saturated carbocycles. The van der Waals surface area contributed by atoms with Crippen LogP contribution < -0.4 is 4.74 Å². The minimum Gasteiger partial charge on any atom is -0.504 e. The Labute approximate surface area is 131 Å². The van der Waals surface area contributed by atoms with Gasteiger partial charge < -0.3 is 9.84 Å². The number of ether oxygens (including phenoxy) is 1. The molecule has 0 spiro atoms. The number of benzene rings is 1. The number of rotatable bonds is 6. The van der Waals surface area contributed by atoms with Gasteiger partial charge >= 0.3 is 0 Å². The van der Waals surface area contributed by atoms with Crippen molar-refractivity contribution in [2.45, 2.75) is 27.2 Å². The molecule has 1 aromatic carbocycles. The van der Waals surface area contributed by atoms with Crippen LogP contribution >= 0.6 is 0 Å². The van der Waals surface area contributed by atoms with Gasteiger partial charge in [-0.1, -0.05) is 45.1 Å². The lowest BCUT2D eigenvalue weighted by Crippen LogP contribution is -2.09. The molecule has 0 heterocycles. The zero-order valence-electron chi connectivity index (χ0n) is 13.4. The van der Waals surface area contributed by atoms with Gasteiger partial charge in [0.15, 0.2) is 11.5 Å². The molecule has 0 aliphatic heterocycles. The van der Waals surface area contributed by atoms with Crippen molar-refractivity contribution in [2.24, 2.45) is 5.41 Å². The molecule has 1 aromatic rings. The SMILES string of the molecule is COc1ccc(/C=C/C(=O)C(=O)C/C=C\C(C)(C)C)cc1O. The summed E-state index contributed by atoms with van der Waals surface area (Å²) in [6, 6.07) is 4.74. The first-order chi connectivity index (χ1) is 10.2. The van der Waals surface area contributed by atoms with E-state index in [1.54, 1.807) is 18.2 Å². The van der Waals surface area contributed by atoms with E-state index in [4.69, 9.17) is 4.74 Å². The van der Waals surface area contributed by atoms with E-state index >= 15 is 0 Å². The van der Waals surface area contributed by atoms with E-state index in [9.17, 15) is 14.7 Å². The van der Waals surface area contributed by atoms with Crippen molar-refractivity contribution in [3.8, 4) is 11.5 Å². The van der Waals surface area contributed by atoms with Gasteiger partial charge in [0.25, 0.3) is 0 Å². The van der Waals surface area contributed by atoms with Crippen LogP contribution in [0.1, 0.15) is 32.8 Å². The minimum absolute atomic E-state index is 0.0141. The number of hydrogen-bond acceptors (Lipinski definition) is 4. The van der Waals surface area contributed by atoms with E-state index in [2.05, 4.69) is 0 Å². The third-order valence-corrected chi connectivity index (χ3v) is 2.83. The van der Waals surface area contributed by atoms with Crippen LogP contribution in [-0.2, 0) is 9.59 Å². The summed E-state index contributed by atoms with van der Waals surface area (Å²) >= 11 is 0. The number of ketones is 2. The Kier molecular flexibility index (Phi) is 6.11. The average Bonchev–Trinajstić information content (AvgIpc) is 2.43. The standard InChI is InChI=1S/C18H22O4/c1-18(2,3)11-5-6-14(19)15(20)9-7-13-8-10-17(22-4)16(21)12-13/h5,7-12,21H,6H2,1-4H3/b9-7+,11-5-. The molecule has 0 unspecified atom stereocenters. The highest BCUT2D eigenvalue weighted by Crippen LogP contribution is 2.26. The molecular formula is C18H22O4. The molecule has 0 aliphatic rings. The van der Waals surface area contributed by atoms with E-state index in [0.717, 1.165) is 0 Å². The number of carbonyl (C=O) groups is 2. The second-order valence-corrected chi connectivity index (χ2v) is 6.02. The largest absolute Gasteiger partial charge is 0.504 e. The first-order valence-electron chi connectivity index (χ1n) is 7.03. The molecule has 0 aromatic heterocycles. The summed E-state index contributed by atoms with van der Waals surface area (Å²) in [5, 5.41) is 9.64. The lowest BCUT2D eigenvalue weighted by Gasteiger charge is -2.10. The van der Waals surface area contributed by atoms with Crippen LogP contribution in [0.15, 0.2) is 36.4 Å². The number of methoxy groups -OCH3 is 1. The number of phenols is 1. The van der Waals surface area contributed by atoms with Crippen molar-refractivity contribution in [2.75, 3.05) is 7.11 Å². The Hall–Kier alpha value is -2.36. The fourth-order valence-corrected chi connectivity index (χ4v) is 1.70. The molecule has 0 saturated heterocycles. The van der Waals surface area contributed by atoms with Crippen molar-refractivity contribution < 1.29 is 19.4 Å². The highest BCUT2D eigenvalue weighted by molar-refractivity contribution is 6.42. The number of carbonyl (C=O) groups excluding carboxylic acids is 2. The predicted molar refractivity (Wildman–Crippen MR) is 86.9 cm³/mol. The average molecular weight is 302 g/mol. The fraction of sp³-hybridized carbons (Fsp3) is 0.333. The summed E-state index contributed by atoms with van der Waals surface area (Å²) in [5.41, 5.74) is 0.601. The van der Waals surface area contributed by atoms with Crippen LogP contribution in [0.5, 0.6) is 11.5 Å². The topological polar surface area (TPSA) is 63.6 Å². The summed E-state index contributed by atoms with van der Waals surface area (Å²) < 4.78 is 4.93. The smallest absolute Gasteiger partial charge is 0.221 e. The number of hydrogen-bond donors (Lipinski definition) is 1. The van der Waals surface area contributed by atoms with Gasteiger partial charge in [-0.2, -0.15) is 0 Å². The monoisotopic (exact) mass is 302 g/mol. The van der Waals surface area contributed by atoms with Gasteiger partial charge in [-0.05, 0) is 29.2 Å². The molecule has 1 N–H and O–H groups in total. The van der Waals surface area contributed by atoms with Crippen LogP contribution in [0.25, 0.3) is 6.08 Å². The summed E-state index contributed by atoms with van der Waals surface area (Å²) in [7, 11) is 1.46. The van der Waals surface area contributed by atoms with E-state index in [-0.39, 0.29) is 17.6 Å². The van der Waals surface area contributed by atoms with Crippen molar-refractivity contribution in [3.05, 3.63) is 42.0 Å². The molecule has 0 atom stereocenters. The summed E-state index contributed by atoms with van der Waals surface area (Å²) in [6.45, 7) is 6.06.